The van der Waals surface area contributed by atoms with Gasteiger partial charge < -0.3 is 5.73 Å². The smallest absolute Gasteiger partial charge is 0.259 e. The van der Waals surface area contributed by atoms with E-state index < -0.39 is 23.7 Å². The Morgan fingerprint density at radius 2 is 1.95 bits per heavy atom. The molecule has 0 aliphatic carbocycles. The number of amides is 2. The van der Waals surface area contributed by atoms with Gasteiger partial charge in [0.25, 0.3) is 5.91 Å². The van der Waals surface area contributed by atoms with Crippen LogP contribution in [0.2, 0.25) is 0 Å². The summed E-state index contributed by atoms with van der Waals surface area (Å²) >= 11 is 0. The first kappa shape index (κ1) is 14.3. The molecule has 1 aliphatic heterocycles. The van der Waals surface area contributed by atoms with E-state index in [0.717, 1.165) is 5.56 Å². The van der Waals surface area contributed by atoms with Gasteiger partial charge in [-0.25, -0.2) is 4.39 Å². The number of primary amides is 1. The molecule has 2 amide bonds. The van der Waals surface area contributed by atoms with Crippen molar-refractivity contribution in [1.29, 1.82) is 0 Å². The number of hydrogen-bond donors (Lipinski definition) is 1. The summed E-state index contributed by atoms with van der Waals surface area (Å²) in [7, 11) is 0. The number of carbonyl (C=O) groups is 2. The molecule has 0 saturated heterocycles. The van der Waals surface area contributed by atoms with Gasteiger partial charge in [-0.05, 0) is 36.2 Å². The molecule has 1 aliphatic rings. The van der Waals surface area contributed by atoms with Crippen molar-refractivity contribution in [2.24, 2.45) is 5.73 Å². The maximum Gasteiger partial charge on any atom is 0.259 e. The second-order valence-electron chi connectivity index (χ2n) is 5.39. The standard InChI is InChI=1S/C17H15FN2O2/c1-10-6-7-12(18)9-13(10)17(22)20-14-5-3-2-4-11(14)8-15(20)16(19)21/h2-7,9,15H,8H2,1H3,(H2,19,21)/t15-/m0/s1. The van der Waals surface area contributed by atoms with E-state index in [0.29, 0.717) is 17.7 Å². The van der Waals surface area contributed by atoms with Crippen LogP contribution >= 0.6 is 0 Å². The number of aryl methyl sites for hydroxylation is 1. The van der Waals surface area contributed by atoms with E-state index in [1.54, 1.807) is 25.1 Å². The lowest BCUT2D eigenvalue weighted by Gasteiger charge is -2.24. The van der Waals surface area contributed by atoms with Crippen LogP contribution in [0.25, 0.3) is 0 Å². The van der Waals surface area contributed by atoms with Gasteiger partial charge in [0, 0.05) is 17.7 Å². The monoisotopic (exact) mass is 298 g/mol. The fourth-order valence-electron chi connectivity index (χ4n) is 2.82. The van der Waals surface area contributed by atoms with Crippen LogP contribution in [0.15, 0.2) is 42.5 Å². The molecule has 112 valence electrons. The lowest BCUT2D eigenvalue weighted by atomic mass is 10.1. The summed E-state index contributed by atoms with van der Waals surface area (Å²) in [4.78, 5) is 25.9. The number of nitrogens with zero attached hydrogens (tertiary/aromatic N) is 1. The van der Waals surface area contributed by atoms with Gasteiger partial charge in [-0.15, -0.1) is 0 Å². The zero-order valence-electron chi connectivity index (χ0n) is 12.0. The van der Waals surface area contributed by atoms with Gasteiger partial charge in [-0.2, -0.15) is 0 Å². The number of hydrogen-bond acceptors (Lipinski definition) is 2. The Morgan fingerprint density at radius 1 is 1.23 bits per heavy atom. The van der Waals surface area contributed by atoms with E-state index in [2.05, 4.69) is 0 Å². The van der Waals surface area contributed by atoms with Crippen molar-refractivity contribution in [3.63, 3.8) is 0 Å². The first-order valence-electron chi connectivity index (χ1n) is 6.96. The summed E-state index contributed by atoms with van der Waals surface area (Å²) in [5, 5.41) is 0. The minimum absolute atomic E-state index is 0.239. The molecular formula is C17H15FN2O2. The number of anilines is 1. The molecular weight excluding hydrogens is 283 g/mol. The predicted octanol–water partition coefficient (Wildman–Crippen LogP) is 2.19. The average Bonchev–Trinajstić information content (AvgIpc) is 2.88. The van der Waals surface area contributed by atoms with Crippen LogP contribution in [-0.4, -0.2) is 17.9 Å². The van der Waals surface area contributed by atoms with Crippen molar-refractivity contribution in [2.45, 2.75) is 19.4 Å². The van der Waals surface area contributed by atoms with Crippen LogP contribution in [0.5, 0.6) is 0 Å². The van der Waals surface area contributed by atoms with Gasteiger partial charge in [-0.3, -0.25) is 14.5 Å². The molecule has 5 heteroatoms. The third-order valence-corrected chi connectivity index (χ3v) is 3.95. The van der Waals surface area contributed by atoms with Crippen molar-refractivity contribution in [2.75, 3.05) is 4.90 Å². The van der Waals surface area contributed by atoms with Crippen LogP contribution in [0, 0.1) is 12.7 Å². The quantitative estimate of drug-likeness (QED) is 0.923. The number of benzene rings is 2. The van der Waals surface area contributed by atoms with Crippen molar-refractivity contribution >= 4 is 17.5 Å². The van der Waals surface area contributed by atoms with Gasteiger partial charge in [0.2, 0.25) is 5.91 Å². The van der Waals surface area contributed by atoms with Crippen molar-refractivity contribution in [3.8, 4) is 0 Å². The summed E-state index contributed by atoms with van der Waals surface area (Å²) in [5.74, 6) is -1.47. The summed E-state index contributed by atoms with van der Waals surface area (Å²) in [6, 6.07) is 10.6. The summed E-state index contributed by atoms with van der Waals surface area (Å²) in [6.45, 7) is 1.73. The predicted molar refractivity (Wildman–Crippen MR) is 81.1 cm³/mol. The minimum atomic E-state index is -0.743. The fraction of sp³-hybridized carbons (Fsp3) is 0.176. The Balaban J connectivity index is 2.09. The van der Waals surface area contributed by atoms with Gasteiger partial charge in [0.1, 0.15) is 11.9 Å². The number of fused-ring (bicyclic) bond motifs is 1. The highest BCUT2D eigenvalue weighted by molar-refractivity contribution is 6.12. The Kier molecular flexibility index (Phi) is 3.41. The van der Waals surface area contributed by atoms with E-state index in [9.17, 15) is 14.0 Å². The van der Waals surface area contributed by atoms with Crippen LogP contribution < -0.4 is 10.6 Å². The molecule has 2 N–H and O–H groups in total. The summed E-state index contributed by atoms with van der Waals surface area (Å²) < 4.78 is 13.5. The van der Waals surface area contributed by atoms with E-state index in [-0.39, 0.29) is 5.56 Å². The largest absolute Gasteiger partial charge is 0.368 e. The second kappa shape index (κ2) is 5.26. The van der Waals surface area contributed by atoms with E-state index in [1.807, 2.05) is 12.1 Å². The molecule has 0 saturated carbocycles. The van der Waals surface area contributed by atoms with Crippen LogP contribution in [-0.2, 0) is 11.2 Å². The zero-order valence-corrected chi connectivity index (χ0v) is 12.0. The number of nitrogens with two attached hydrogens (primary N) is 1. The maximum absolute atomic E-state index is 13.5. The van der Waals surface area contributed by atoms with Crippen molar-refractivity contribution < 1.29 is 14.0 Å². The highest BCUT2D eigenvalue weighted by Crippen LogP contribution is 2.33. The fourth-order valence-corrected chi connectivity index (χ4v) is 2.82. The number of rotatable bonds is 2. The molecule has 1 atom stereocenters. The van der Waals surface area contributed by atoms with Crippen LogP contribution in [0.1, 0.15) is 21.5 Å². The zero-order chi connectivity index (χ0) is 15.9. The molecule has 0 unspecified atom stereocenters. The van der Waals surface area contributed by atoms with Gasteiger partial charge >= 0.3 is 0 Å². The lowest BCUT2D eigenvalue weighted by Crippen LogP contribution is -2.46. The van der Waals surface area contributed by atoms with E-state index in [1.165, 1.54) is 17.0 Å². The third kappa shape index (κ3) is 2.24. The molecule has 0 bridgehead atoms. The Hall–Kier alpha value is -2.69. The molecule has 0 aromatic heterocycles. The first-order chi connectivity index (χ1) is 10.5. The lowest BCUT2D eigenvalue weighted by molar-refractivity contribution is -0.119. The average molecular weight is 298 g/mol. The van der Waals surface area contributed by atoms with Crippen molar-refractivity contribution in [1.82, 2.24) is 0 Å². The normalized spacial score (nSPS) is 16.5. The van der Waals surface area contributed by atoms with Gasteiger partial charge in [0.15, 0.2) is 0 Å². The Labute approximate surface area is 127 Å². The molecule has 22 heavy (non-hydrogen) atoms. The molecule has 2 aromatic rings. The van der Waals surface area contributed by atoms with Gasteiger partial charge in [-0.1, -0.05) is 24.3 Å². The van der Waals surface area contributed by atoms with Crippen LogP contribution in [0.3, 0.4) is 0 Å². The van der Waals surface area contributed by atoms with E-state index in [4.69, 9.17) is 5.73 Å². The molecule has 1 heterocycles. The molecule has 0 spiro atoms. The maximum atomic E-state index is 13.5. The third-order valence-electron chi connectivity index (χ3n) is 3.95. The number of halogens is 1. The summed E-state index contributed by atoms with van der Waals surface area (Å²) in [5.41, 5.74) is 7.87. The molecule has 4 nitrogen and oxygen atoms in total. The number of carbonyl (C=O) groups excluding carboxylic acids is 2. The Bertz CT molecular complexity index is 773. The second-order valence-corrected chi connectivity index (χ2v) is 5.39. The highest BCUT2D eigenvalue weighted by atomic mass is 19.1. The molecule has 2 aromatic carbocycles. The van der Waals surface area contributed by atoms with Crippen molar-refractivity contribution in [3.05, 3.63) is 65.0 Å². The SMILES string of the molecule is Cc1ccc(F)cc1C(=O)N1c2ccccc2C[C@H]1C(N)=O. The topological polar surface area (TPSA) is 63.4 Å². The Morgan fingerprint density at radius 3 is 2.68 bits per heavy atom. The molecule has 0 radical (unpaired) electrons. The van der Waals surface area contributed by atoms with Crippen LogP contribution in [0.4, 0.5) is 10.1 Å². The number of para-hydroxylation sites is 1. The van der Waals surface area contributed by atoms with E-state index >= 15 is 0 Å². The van der Waals surface area contributed by atoms with Gasteiger partial charge in [0.05, 0.1) is 0 Å². The summed E-state index contributed by atoms with van der Waals surface area (Å²) in [6.07, 6.45) is 0.381. The molecule has 3 rings (SSSR count). The first-order valence-corrected chi connectivity index (χ1v) is 6.96. The minimum Gasteiger partial charge on any atom is -0.368 e. The molecule has 0 fully saturated rings. The highest BCUT2D eigenvalue weighted by Gasteiger charge is 2.37.